The summed E-state index contributed by atoms with van der Waals surface area (Å²) in [6, 6.07) is 0. The zero-order valence-electron chi connectivity index (χ0n) is 14.4. The van der Waals surface area contributed by atoms with E-state index in [1.54, 1.807) is 0 Å². The average molecular weight is 290 g/mol. The van der Waals surface area contributed by atoms with E-state index in [0.717, 1.165) is 35.9 Å². The summed E-state index contributed by atoms with van der Waals surface area (Å²) in [7, 11) is 0. The van der Waals surface area contributed by atoms with Crippen LogP contribution >= 0.6 is 0 Å². The maximum absolute atomic E-state index is 12.2. The lowest BCUT2D eigenvalue weighted by atomic mass is 9.70. The molecular weight excluding hydrogens is 260 g/mol. The minimum Gasteiger partial charge on any atom is -0.431 e. The van der Waals surface area contributed by atoms with E-state index < -0.39 is 5.41 Å². The molecule has 0 aromatic rings. The smallest absolute Gasteiger partial charge is 0.316 e. The molecule has 3 aliphatic rings. The predicted octanol–water partition coefficient (Wildman–Crippen LogP) is 4.80. The maximum Gasteiger partial charge on any atom is 0.316 e. The molecule has 5 atom stereocenters. The van der Waals surface area contributed by atoms with Crippen LogP contribution < -0.4 is 0 Å². The quantitative estimate of drug-likeness (QED) is 0.683. The highest BCUT2D eigenvalue weighted by Gasteiger charge is 2.74. The van der Waals surface area contributed by atoms with Crippen molar-refractivity contribution < 1.29 is 9.53 Å². The summed E-state index contributed by atoms with van der Waals surface area (Å²) in [5, 5.41) is 0. The van der Waals surface area contributed by atoms with Gasteiger partial charge in [-0.25, -0.2) is 0 Å². The minimum absolute atomic E-state index is 0.0804. The molecule has 3 rings (SSSR count). The zero-order chi connectivity index (χ0) is 15.6. The number of carbonyl (C=O) groups excluding carboxylic acids is 1. The van der Waals surface area contributed by atoms with Crippen LogP contribution in [0, 0.1) is 40.4 Å². The van der Waals surface area contributed by atoms with Crippen molar-refractivity contribution in [2.75, 3.05) is 0 Å². The topological polar surface area (TPSA) is 26.3 Å². The highest BCUT2D eigenvalue weighted by atomic mass is 16.5. The molecule has 2 fully saturated rings. The first-order valence-corrected chi connectivity index (χ1v) is 8.62. The Bertz CT molecular complexity index is 482. The van der Waals surface area contributed by atoms with Crippen molar-refractivity contribution in [2.45, 2.75) is 60.8 Å². The van der Waals surface area contributed by atoms with E-state index >= 15 is 0 Å². The van der Waals surface area contributed by atoms with Gasteiger partial charge in [0.15, 0.2) is 0 Å². The summed E-state index contributed by atoms with van der Waals surface area (Å²) in [5.41, 5.74) is 0.0143. The summed E-state index contributed by atoms with van der Waals surface area (Å²) in [5.74, 6) is 4.52. The molecular formula is C19H30O2. The van der Waals surface area contributed by atoms with E-state index in [-0.39, 0.29) is 5.97 Å². The van der Waals surface area contributed by atoms with Crippen molar-refractivity contribution in [2.24, 2.45) is 40.4 Å². The van der Waals surface area contributed by atoms with Gasteiger partial charge in [-0.1, -0.05) is 20.8 Å². The summed E-state index contributed by atoms with van der Waals surface area (Å²) >= 11 is 0. The van der Waals surface area contributed by atoms with Crippen LogP contribution in [0.1, 0.15) is 60.8 Å². The normalized spacial score (nSPS) is 41.4. The van der Waals surface area contributed by atoms with Gasteiger partial charge in [-0.3, -0.25) is 4.79 Å². The fraction of sp³-hybridized carbons (Fsp3) is 0.842. The second-order valence-electron chi connectivity index (χ2n) is 8.95. The van der Waals surface area contributed by atoms with Gasteiger partial charge in [0.1, 0.15) is 5.76 Å². The van der Waals surface area contributed by atoms with Gasteiger partial charge in [0.25, 0.3) is 0 Å². The van der Waals surface area contributed by atoms with Crippen LogP contribution in [0.2, 0.25) is 0 Å². The number of hydrogen-bond acceptors (Lipinski definition) is 2. The molecule has 3 aliphatic carbocycles. The van der Waals surface area contributed by atoms with Gasteiger partial charge < -0.3 is 4.74 Å². The molecule has 1 unspecified atom stereocenters. The zero-order valence-corrected chi connectivity index (χ0v) is 14.4. The summed E-state index contributed by atoms with van der Waals surface area (Å²) in [4.78, 5) is 12.2. The molecule has 21 heavy (non-hydrogen) atoms. The fourth-order valence-electron chi connectivity index (χ4n) is 5.08. The molecule has 1 spiro atoms. The van der Waals surface area contributed by atoms with E-state index in [1.807, 2.05) is 20.8 Å². The first-order valence-electron chi connectivity index (χ1n) is 8.62. The van der Waals surface area contributed by atoms with Crippen LogP contribution in [-0.2, 0) is 9.53 Å². The van der Waals surface area contributed by atoms with E-state index in [2.05, 4.69) is 26.8 Å². The molecule has 0 saturated heterocycles. The number of allylic oxidation sites excluding steroid dienone is 2. The Labute approximate surface area is 129 Å². The fourth-order valence-corrected chi connectivity index (χ4v) is 5.08. The summed E-state index contributed by atoms with van der Waals surface area (Å²) in [6.45, 7) is 12.9. The molecule has 0 bridgehead atoms. The third-order valence-electron chi connectivity index (χ3n) is 6.40. The SMILES string of the molecule is CC(C)[C@@H]1CC[C@@H](C)[C@]23CC=C(OC(=O)C(C)(C)C)[C@@H]2C13. The van der Waals surface area contributed by atoms with E-state index in [9.17, 15) is 4.79 Å². The van der Waals surface area contributed by atoms with Crippen molar-refractivity contribution in [3.8, 4) is 0 Å². The first-order chi connectivity index (χ1) is 9.69. The number of rotatable bonds is 2. The number of hydrogen-bond donors (Lipinski definition) is 0. The number of carbonyl (C=O) groups is 1. The standard InChI is InChI=1S/C19H30O2/c1-11(2)13-8-7-12(3)19-10-9-14(16(19)15(13)19)21-17(20)18(4,5)6/h9,11-13,15-16H,7-8,10H2,1-6H3/t12-,13+,15?,16-,19+/m1/s1. The number of esters is 1. The Morgan fingerprint density at radius 3 is 2.57 bits per heavy atom. The van der Waals surface area contributed by atoms with Crippen LogP contribution in [0.15, 0.2) is 11.8 Å². The van der Waals surface area contributed by atoms with Crippen LogP contribution in [0.5, 0.6) is 0 Å². The average Bonchev–Trinajstić information content (AvgIpc) is 2.91. The summed E-state index contributed by atoms with van der Waals surface area (Å²) in [6.07, 6.45) is 6.02. The molecule has 2 saturated carbocycles. The predicted molar refractivity (Wildman–Crippen MR) is 84.4 cm³/mol. The minimum atomic E-state index is -0.417. The summed E-state index contributed by atoms with van der Waals surface area (Å²) < 4.78 is 5.81. The van der Waals surface area contributed by atoms with E-state index in [1.165, 1.54) is 12.8 Å². The Morgan fingerprint density at radius 2 is 2.00 bits per heavy atom. The van der Waals surface area contributed by atoms with Crippen molar-refractivity contribution in [1.82, 2.24) is 0 Å². The highest BCUT2D eigenvalue weighted by molar-refractivity contribution is 5.76. The second kappa shape index (κ2) is 4.60. The largest absolute Gasteiger partial charge is 0.431 e. The molecule has 0 heterocycles. The van der Waals surface area contributed by atoms with Gasteiger partial charge in [0.05, 0.1) is 5.41 Å². The van der Waals surface area contributed by atoms with Crippen molar-refractivity contribution in [3.63, 3.8) is 0 Å². The van der Waals surface area contributed by atoms with Gasteiger partial charge in [-0.2, -0.15) is 0 Å². The highest BCUT2D eigenvalue weighted by Crippen LogP contribution is 2.78. The van der Waals surface area contributed by atoms with Crippen LogP contribution in [0.3, 0.4) is 0 Å². The van der Waals surface area contributed by atoms with E-state index in [0.29, 0.717) is 11.3 Å². The Kier molecular flexibility index (Phi) is 3.31. The monoisotopic (exact) mass is 290 g/mol. The number of fused-ring (bicyclic) bond motifs is 1. The van der Waals surface area contributed by atoms with Gasteiger partial charge >= 0.3 is 5.97 Å². The van der Waals surface area contributed by atoms with Gasteiger partial charge in [-0.15, -0.1) is 0 Å². The first kappa shape index (κ1) is 15.1. The molecule has 0 aromatic heterocycles. The Morgan fingerprint density at radius 1 is 1.33 bits per heavy atom. The van der Waals surface area contributed by atoms with Crippen LogP contribution in [-0.4, -0.2) is 5.97 Å². The molecule has 2 heteroatoms. The van der Waals surface area contributed by atoms with Crippen LogP contribution in [0.25, 0.3) is 0 Å². The maximum atomic E-state index is 12.2. The van der Waals surface area contributed by atoms with Crippen LogP contribution in [0.4, 0.5) is 0 Å². The van der Waals surface area contributed by atoms with Crippen molar-refractivity contribution in [3.05, 3.63) is 11.8 Å². The molecule has 2 nitrogen and oxygen atoms in total. The Hall–Kier alpha value is -0.790. The molecule has 118 valence electrons. The van der Waals surface area contributed by atoms with Crippen molar-refractivity contribution >= 4 is 5.97 Å². The van der Waals surface area contributed by atoms with Gasteiger partial charge in [0.2, 0.25) is 0 Å². The van der Waals surface area contributed by atoms with Gasteiger partial charge in [-0.05, 0) is 75.2 Å². The molecule has 0 radical (unpaired) electrons. The lowest BCUT2D eigenvalue weighted by Gasteiger charge is -2.35. The second-order valence-corrected chi connectivity index (χ2v) is 8.95. The molecule has 0 aliphatic heterocycles. The molecule has 0 N–H and O–H groups in total. The third-order valence-corrected chi connectivity index (χ3v) is 6.40. The lowest BCUT2D eigenvalue weighted by molar-refractivity contribution is -0.149. The van der Waals surface area contributed by atoms with Crippen molar-refractivity contribution in [1.29, 1.82) is 0 Å². The van der Waals surface area contributed by atoms with E-state index in [4.69, 9.17) is 4.74 Å². The molecule has 0 amide bonds. The third kappa shape index (κ3) is 2.09. The number of ether oxygens (including phenoxy) is 1. The van der Waals surface area contributed by atoms with Gasteiger partial charge in [0, 0.05) is 5.92 Å². The lowest BCUT2D eigenvalue weighted by Crippen LogP contribution is -2.27. The molecule has 0 aromatic carbocycles. The Balaban J connectivity index is 1.79.